The van der Waals surface area contributed by atoms with Crippen LogP contribution in [0.15, 0.2) is 18.2 Å². The molecule has 2 unspecified atom stereocenters. The number of anilines is 1. The smallest absolute Gasteiger partial charge is 0.141 e. The largest absolute Gasteiger partial charge is 0.382 e. The molecule has 2 atom stereocenters. The Kier molecular flexibility index (Phi) is 4.40. The van der Waals surface area contributed by atoms with Crippen LogP contribution in [0.1, 0.15) is 27.2 Å². The molecule has 0 aliphatic heterocycles. The van der Waals surface area contributed by atoms with Crippen LogP contribution in [0, 0.1) is 11.7 Å². The summed E-state index contributed by atoms with van der Waals surface area (Å²) in [6, 6.07) is 5.07. The second kappa shape index (κ2) is 5.36. The molecule has 0 heterocycles. The van der Waals surface area contributed by atoms with Crippen LogP contribution >= 0.6 is 11.6 Å². The Hall–Kier alpha value is -0.760. The van der Waals surface area contributed by atoms with Crippen molar-refractivity contribution < 1.29 is 4.39 Å². The number of halogens is 2. The van der Waals surface area contributed by atoms with E-state index in [4.69, 9.17) is 11.6 Å². The van der Waals surface area contributed by atoms with E-state index in [1.54, 1.807) is 12.1 Å². The van der Waals surface area contributed by atoms with Crippen LogP contribution in [0.3, 0.4) is 0 Å². The minimum Gasteiger partial charge on any atom is -0.382 e. The summed E-state index contributed by atoms with van der Waals surface area (Å²) < 4.78 is 12.9. The number of hydrogen-bond donors (Lipinski definition) is 1. The maximum Gasteiger partial charge on any atom is 0.141 e. The van der Waals surface area contributed by atoms with Gasteiger partial charge in [-0.15, -0.1) is 0 Å². The molecule has 0 saturated heterocycles. The van der Waals surface area contributed by atoms with E-state index in [2.05, 4.69) is 26.1 Å². The molecule has 0 aliphatic carbocycles. The van der Waals surface area contributed by atoms with Crippen LogP contribution in [0.2, 0.25) is 5.02 Å². The maximum atomic E-state index is 12.9. The van der Waals surface area contributed by atoms with Gasteiger partial charge < -0.3 is 5.32 Å². The number of benzene rings is 1. The van der Waals surface area contributed by atoms with Crippen molar-refractivity contribution in [3.8, 4) is 0 Å². The van der Waals surface area contributed by atoms with Gasteiger partial charge in [0.2, 0.25) is 0 Å². The van der Waals surface area contributed by atoms with Gasteiger partial charge in [-0.05, 0) is 31.0 Å². The van der Waals surface area contributed by atoms with Crippen molar-refractivity contribution in [2.45, 2.75) is 33.2 Å². The van der Waals surface area contributed by atoms with E-state index >= 15 is 0 Å². The Balaban J connectivity index is 2.68. The zero-order valence-corrected chi connectivity index (χ0v) is 10.1. The Morgan fingerprint density at radius 1 is 1.40 bits per heavy atom. The first kappa shape index (κ1) is 12.3. The number of hydrogen-bond acceptors (Lipinski definition) is 1. The van der Waals surface area contributed by atoms with Gasteiger partial charge in [-0.2, -0.15) is 0 Å². The number of rotatable bonds is 4. The molecule has 1 nitrogen and oxygen atoms in total. The van der Waals surface area contributed by atoms with Crippen molar-refractivity contribution in [3.63, 3.8) is 0 Å². The highest BCUT2D eigenvalue weighted by atomic mass is 35.5. The van der Waals surface area contributed by atoms with Crippen LogP contribution < -0.4 is 5.32 Å². The van der Waals surface area contributed by atoms with Crippen LogP contribution in [-0.4, -0.2) is 6.04 Å². The Bertz CT molecular complexity index is 327. The summed E-state index contributed by atoms with van der Waals surface area (Å²) in [6.07, 6.45) is 1.11. The molecule has 15 heavy (non-hydrogen) atoms. The highest BCUT2D eigenvalue weighted by Crippen LogP contribution is 2.21. The zero-order chi connectivity index (χ0) is 11.4. The highest BCUT2D eigenvalue weighted by Gasteiger charge is 2.10. The Morgan fingerprint density at radius 2 is 2.07 bits per heavy atom. The lowest BCUT2D eigenvalue weighted by Gasteiger charge is -2.21. The molecule has 1 aromatic rings. The van der Waals surface area contributed by atoms with Crippen molar-refractivity contribution in [2.24, 2.45) is 5.92 Å². The number of nitrogens with one attached hydrogen (secondary N) is 1. The maximum absolute atomic E-state index is 12.9. The molecule has 1 aromatic carbocycles. The lowest BCUT2D eigenvalue weighted by Crippen LogP contribution is -2.23. The van der Waals surface area contributed by atoms with Gasteiger partial charge in [0.25, 0.3) is 0 Å². The van der Waals surface area contributed by atoms with Gasteiger partial charge in [0.15, 0.2) is 0 Å². The second-order valence-corrected chi connectivity index (χ2v) is 4.35. The molecule has 0 aliphatic rings. The van der Waals surface area contributed by atoms with Gasteiger partial charge >= 0.3 is 0 Å². The first-order valence-electron chi connectivity index (χ1n) is 5.26. The molecule has 0 spiro atoms. The molecule has 1 rings (SSSR count). The highest BCUT2D eigenvalue weighted by molar-refractivity contribution is 6.31. The molecule has 0 aromatic heterocycles. The predicted octanol–water partition coefficient (Wildman–Crippen LogP) is 4.33. The molecule has 0 fully saturated rings. The fourth-order valence-electron chi connectivity index (χ4n) is 1.34. The average Bonchev–Trinajstić information content (AvgIpc) is 2.22. The molecular formula is C12H17ClFN. The molecule has 0 saturated carbocycles. The van der Waals surface area contributed by atoms with Crippen molar-refractivity contribution in [1.82, 2.24) is 0 Å². The van der Waals surface area contributed by atoms with E-state index in [0.29, 0.717) is 12.0 Å². The summed E-state index contributed by atoms with van der Waals surface area (Å²) in [5.41, 5.74) is 0.870. The van der Waals surface area contributed by atoms with Crippen molar-refractivity contribution >= 4 is 17.3 Å². The lowest BCUT2D eigenvalue weighted by atomic mass is 10.0. The molecular weight excluding hydrogens is 213 g/mol. The summed E-state index contributed by atoms with van der Waals surface area (Å²) in [4.78, 5) is 0. The molecule has 84 valence electrons. The first-order chi connectivity index (χ1) is 7.04. The Labute approximate surface area is 95.6 Å². The summed E-state index contributed by atoms with van der Waals surface area (Å²) in [7, 11) is 0. The fraction of sp³-hybridized carbons (Fsp3) is 0.500. The summed E-state index contributed by atoms with van der Waals surface area (Å²) in [5.74, 6) is 0.201. The fourth-order valence-corrected chi connectivity index (χ4v) is 1.53. The van der Waals surface area contributed by atoms with Gasteiger partial charge in [-0.25, -0.2) is 4.39 Å². The van der Waals surface area contributed by atoms with Gasteiger partial charge in [-0.3, -0.25) is 0 Å². The second-order valence-electron chi connectivity index (χ2n) is 3.95. The predicted molar refractivity (Wildman–Crippen MR) is 63.9 cm³/mol. The lowest BCUT2D eigenvalue weighted by molar-refractivity contribution is 0.494. The molecule has 3 heteroatoms. The van der Waals surface area contributed by atoms with E-state index in [1.807, 2.05) is 0 Å². The minimum atomic E-state index is -0.376. The van der Waals surface area contributed by atoms with Crippen molar-refractivity contribution in [2.75, 3.05) is 5.32 Å². The van der Waals surface area contributed by atoms with Crippen LogP contribution in [0.4, 0.5) is 10.1 Å². The monoisotopic (exact) mass is 229 g/mol. The standard InChI is InChI=1S/C12H17ClFN/c1-4-8(2)9(3)15-10-5-6-12(14)11(13)7-10/h5-9,15H,4H2,1-3H3. The minimum absolute atomic E-state index is 0.163. The SMILES string of the molecule is CCC(C)C(C)Nc1ccc(F)c(Cl)c1. The average molecular weight is 230 g/mol. The summed E-state index contributed by atoms with van der Waals surface area (Å²) >= 11 is 5.70. The molecule has 0 radical (unpaired) electrons. The van der Waals surface area contributed by atoms with E-state index in [-0.39, 0.29) is 10.8 Å². The molecule has 0 amide bonds. The van der Waals surface area contributed by atoms with Crippen LogP contribution in [-0.2, 0) is 0 Å². The topological polar surface area (TPSA) is 12.0 Å². The molecule has 1 N–H and O–H groups in total. The molecule has 0 bridgehead atoms. The van der Waals surface area contributed by atoms with Gasteiger partial charge in [-0.1, -0.05) is 31.9 Å². The first-order valence-corrected chi connectivity index (χ1v) is 5.64. The van der Waals surface area contributed by atoms with E-state index in [9.17, 15) is 4.39 Å². The third kappa shape index (κ3) is 3.38. The summed E-state index contributed by atoms with van der Waals surface area (Å²) in [6.45, 7) is 6.45. The van der Waals surface area contributed by atoms with E-state index in [1.165, 1.54) is 6.07 Å². The zero-order valence-electron chi connectivity index (χ0n) is 9.35. The van der Waals surface area contributed by atoms with Crippen LogP contribution in [0.25, 0.3) is 0 Å². The van der Waals surface area contributed by atoms with Crippen LogP contribution in [0.5, 0.6) is 0 Å². The Morgan fingerprint density at radius 3 is 2.60 bits per heavy atom. The summed E-state index contributed by atoms with van der Waals surface area (Å²) in [5, 5.41) is 3.47. The van der Waals surface area contributed by atoms with Gasteiger partial charge in [0, 0.05) is 11.7 Å². The van der Waals surface area contributed by atoms with E-state index < -0.39 is 0 Å². The van der Waals surface area contributed by atoms with Crippen molar-refractivity contribution in [3.05, 3.63) is 29.0 Å². The normalized spacial score (nSPS) is 14.7. The third-order valence-electron chi connectivity index (χ3n) is 2.81. The van der Waals surface area contributed by atoms with E-state index in [0.717, 1.165) is 12.1 Å². The third-order valence-corrected chi connectivity index (χ3v) is 3.10. The van der Waals surface area contributed by atoms with Gasteiger partial charge in [0.05, 0.1) is 5.02 Å². The van der Waals surface area contributed by atoms with Gasteiger partial charge in [0.1, 0.15) is 5.82 Å². The van der Waals surface area contributed by atoms with Crippen molar-refractivity contribution in [1.29, 1.82) is 0 Å². The quantitative estimate of drug-likeness (QED) is 0.811.